The largest absolute Gasteiger partial charge is 0.465 e. The molecule has 136 valence electrons. The van der Waals surface area contributed by atoms with E-state index in [2.05, 4.69) is 57.0 Å². The first-order valence-electron chi connectivity index (χ1n) is 9.04. The van der Waals surface area contributed by atoms with Crippen molar-refractivity contribution in [2.45, 2.75) is 32.6 Å². The highest BCUT2D eigenvalue weighted by Gasteiger charge is 2.29. The van der Waals surface area contributed by atoms with Gasteiger partial charge in [0.05, 0.1) is 12.7 Å². The third-order valence-electron chi connectivity index (χ3n) is 5.38. The van der Waals surface area contributed by atoms with Crippen molar-refractivity contribution < 1.29 is 9.53 Å². The van der Waals surface area contributed by atoms with Crippen LogP contribution in [0.4, 0.5) is 5.69 Å². The smallest absolute Gasteiger partial charge is 0.337 e. The van der Waals surface area contributed by atoms with E-state index in [0.29, 0.717) is 5.56 Å². The lowest BCUT2D eigenvalue weighted by atomic mass is 9.77. The highest BCUT2D eigenvalue weighted by Crippen LogP contribution is 2.40. The molecule has 0 radical (unpaired) electrons. The van der Waals surface area contributed by atoms with Crippen LogP contribution in [-0.2, 0) is 10.2 Å². The molecule has 0 aliphatic carbocycles. The van der Waals surface area contributed by atoms with Crippen LogP contribution in [0.5, 0.6) is 0 Å². The number of nitrogens with zero attached hydrogens (tertiary/aromatic N) is 1. The van der Waals surface area contributed by atoms with E-state index in [-0.39, 0.29) is 11.4 Å². The van der Waals surface area contributed by atoms with Gasteiger partial charge in [-0.2, -0.15) is 0 Å². The second-order valence-corrected chi connectivity index (χ2v) is 7.73. The Bertz CT molecular complexity index is 847. The van der Waals surface area contributed by atoms with Crippen molar-refractivity contribution in [3.05, 3.63) is 64.7 Å². The van der Waals surface area contributed by atoms with Gasteiger partial charge in [-0.25, -0.2) is 4.79 Å². The molecule has 1 aliphatic rings. The van der Waals surface area contributed by atoms with Crippen LogP contribution in [0.25, 0.3) is 11.6 Å². The third kappa shape index (κ3) is 3.52. The Labute approximate surface area is 156 Å². The van der Waals surface area contributed by atoms with Crippen LogP contribution >= 0.6 is 0 Å². The molecule has 0 amide bonds. The normalized spacial score (nSPS) is 16.2. The summed E-state index contributed by atoms with van der Waals surface area (Å²) in [6.07, 6.45) is 3.32. The Hall–Kier alpha value is -2.55. The van der Waals surface area contributed by atoms with Gasteiger partial charge in [-0.15, -0.1) is 0 Å². The topological polar surface area (TPSA) is 29.5 Å². The second-order valence-electron chi connectivity index (χ2n) is 7.73. The van der Waals surface area contributed by atoms with E-state index in [1.54, 1.807) is 12.1 Å². The molecule has 0 saturated heterocycles. The van der Waals surface area contributed by atoms with Gasteiger partial charge in [0.1, 0.15) is 0 Å². The summed E-state index contributed by atoms with van der Waals surface area (Å²) < 4.78 is 4.75. The first kappa shape index (κ1) is 18.2. The first-order valence-corrected chi connectivity index (χ1v) is 9.04. The number of hydrogen-bond acceptors (Lipinski definition) is 3. The summed E-state index contributed by atoms with van der Waals surface area (Å²) in [6.45, 7) is 7.89. The van der Waals surface area contributed by atoms with Gasteiger partial charge in [0.25, 0.3) is 0 Å². The third-order valence-corrected chi connectivity index (χ3v) is 5.38. The van der Waals surface area contributed by atoms with Crippen LogP contribution in [0.3, 0.4) is 0 Å². The van der Waals surface area contributed by atoms with Gasteiger partial charge in [-0.1, -0.05) is 38.1 Å². The van der Waals surface area contributed by atoms with E-state index in [1.165, 1.54) is 29.5 Å². The van der Waals surface area contributed by atoms with Crippen molar-refractivity contribution in [2.75, 3.05) is 25.6 Å². The molecule has 3 heteroatoms. The average Bonchev–Trinajstić information content (AvgIpc) is 2.64. The zero-order chi connectivity index (χ0) is 18.9. The Morgan fingerprint density at radius 2 is 1.77 bits per heavy atom. The lowest BCUT2D eigenvalue weighted by Crippen LogP contribution is -2.34. The molecule has 0 N–H and O–H groups in total. The van der Waals surface area contributed by atoms with Gasteiger partial charge in [0, 0.05) is 19.3 Å². The summed E-state index contributed by atoms with van der Waals surface area (Å²) in [5.41, 5.74) is 7.04. The molecule has 0 atom stereocenters. The molecular weight excluding hydrogens is 322 g/mol. The summed E-state index contributed by atoms with van der Waals surface area (Å²) in [4.78, 5) is 13.9. The van der Waals surface area contributed by atoms with Gasteiger partial charge < -0.3 is 9.64 Å². The average molecular weight is 349 g/mol. The number of carbonyl (C=O) groups excluding carboxylic acids is 1. The summed E-state index contributed by atoms with van der Waals surface area (Å²) >= 11 is 0. The molecule has 26 heavy (non-hydrogen) atoms. The van der Waals surface area contributed by atoms with Crippen molar-refractivity contribution in [3.63, 3.8) is 0 Å². The van der Waals surface area contributed by atoms with Crippen molar-refractivity contribution in [3.8, 4) is 0 Å². The fourth-order valence-electron chi connectivity index (χ4n) is 3.53. The molecule has 1 aliphatic heterocycles. The monoisotopic (exact) mass is 349 g/mol. The van der Waals surface area contributed by atoms with Crippen molar-refractivity contribution in [2.24, 2.45) is 0 Å². The van der Waals surface area contributed by atoms with Crippen LogP contribution in [0.2, 0.25) is 0 Å². The first-order chi connectivity index (χ1) is 12.3. The van der Waals surface area contributed by atoms with E-state index in [4.69, 9.17) is 4.74 Å². The molecule has 0 aromatic heterocycles. The number of methoxy groups -OCH3 is 1. The van der Waals surface area contributed by atoms with E-state index in [0.717, 1.165) is 18.5 Å². The molecule has 2 aromatic carbocycles. The number of ether oxygens (including phenoxy) is 1. The Morgan fingerprint density at radius 1 is 1.12 bits per heavy atom. The van der Waals surface area contributed by atoms with Crippen molar-refractivity contribution in [1.29, 1.82) is 0 Å². The Morgan fingerprint density at radius 3 is 2.42 bits per heavy atom. The lowest BCUT2D eigenvalue weighted by molar-refractivity contribution is 0.0600. The standard InChI is InChI=1S/C23H27NO2/c1-16(14-17-6-8-18(9-7-17)22(25)26-5)19-10-11-21-20(15-19)23(2,3)12-13-24(21)4/h6-11,14-15H,12-13H2,1-5H3. The van der Waals surface area contributed by atoms with Crippen molar-refractivity contribution in [1.82, 2.24) is 0 Å². The SMILES string of the molecule is COC(=O)c1ccc(C=C(C)c2ccc3c(c2)C(C)(C)CCN3C)cc1. The highest BCUT2D eigenvalue weighted by atomic mass is 16.5. The number of allylic oxidation sites excluding steroid dienone is 1. The fourth-order valence-corrected chi connectivity index (χ4v) is 3.53. The zero-order valence-electron chi connectivity index (χ0n) is 16.3. The highest BCUT2D eigenvalue weighted by molar-refractivity contribution is 5.90. The van der Waals surface area contributed by atoms with Crippen LogP contribution in [0.1, 0.15) is 54.2 Å². The molecule has 1 heterocycles. The van der Waals surface area contributed by atoms with Crippen LogP contribution < -0.4 is 4.90 Å². The minimum atomic E-state index is -0.307. The van der Waals surface area contributed by atoms with Crippen LogP contribution in [0, 0.1) is 0 Å². The van der Waals surface area contributed by atoms with E-state index < -0.39 is 0 Å². The molecule has 0 saturated carbocycles. The minimum Gasteiger partial charge on any atom is -0.465 e. The van der Waals surface area contributed by atoms with E-state index in [9.17, 15) is 4.79 Å². The lowest BCUT2D eigenvalue weighted by Gasteiger charge is -2.38. The summed E-state index contributed by atoms with van der Waals surface area (Å²) in [7, 11) is 3.56. The maximum absolute atomic E-state index is 11.6. The van der Waals surface area contributed by atoms with Crippen LogP contribution in [0.15, 0.2) is 42.5 Å². The van der Waals surface area contributed by atoms with Gasteiger partial charge >= 0.3 is 5.97 Å². The van der Waals surface area contributed by atoms with Gasteiger partial charge in [0.2, 0.25) is 0 Å². The number of carbonyl (C=O) groups is 1. The van der Waals surface area contributed by atoms with Gasteiger partial charge in [0.15, 0.2) is 0 Å². The van der Waals surface area contributed by atoms with Crippen molar-refractivity contribution >= 4 is 23.3 Å². The molecule has 0 bridgehead atoms. The van der Waals surface area contributed by atoms with Crippen LogP contribution in [-0.4, -0.2) is 26.7 Å². The van der Waals surface area contributed by atoms with E-state index >= 15 is 0 Å². The molecule has 0 fully saturated rings. The number of fused-ring (bicyclic) bond motifs is 1. The second kappa shape index (κ2) is 6.99. The number of rotatable bonds is 3. The maximum Gasteiger partial charge on any atom is 0.337 e. The predicted octanol–water partition coefficient (Wildman–Crippen LogP) is 5.15. The summed E-state index contributed by atoms with van der Waals surface area (Å²) in [6, 6.07) is 14.3. The molecule has 2 aromatic rings. The molecule has 0 unspecified atom stereocenters. The number of hydrogen-bond donors (Lipinski definition) is 0. The number of esters is 1. The number of benzene rings is 2. The minimum absolute atomic E-state index is 0.195. The maximum atomic E-state index is 11.6. The van der Waals surface area contributed by atoms with Gasteiger partial charge in [-0.3, -0.25) is 0 Å². The van der Waals surface area contributed by atoms with Gasteiger partial charge in [-0.05, 0) is 65.3 Å². The summed E-state index contributed by atoms with van der Waals surface area (Å²) in [5, 5.41) is 0. The molecular formula is C23H27NO2. The molecule has 3 nitrogen and oxygen atoms in total. The van der Waals surface area contributed by atoms with E-state index in [1.807, 2.05) is 12.1 Å². The quantitative estimate of drug-likeness (QED) is 0.567. The fraction of sp³-hybridized carbons (Fsp3) is 0.348. The Kier molecular flexibility index (Phi) is 4.90. The molecule has 3 rings (SSSR count). The predicted molar refractivity (Wildman–Crippen MR) is 109 cm³/mol. The number of anilines is 1. The summed E-state index contributed by atoms with van der Waals surface area (Å²) in [5.74, 6) is -0.307. The Balaban J connectivity index is 1.91. The molecule has 0 spiro atoms. The zero-order valence-corrected chi connectivity index (χ0v) is 16.3.